The summed E-state index contributed by atoms with van der Waals surface area (Å²) in [4.78, 5) is 28.0. The van der Waals surface area contributed by atoms with Crippen molar-refractivity contribution in [3.05, 3.63) is 67.6 Å². The van der Waals surface area contributed by atoms with Crippen molar-refractivity contribution in [1.29, 1.82) is 0 Å². The van der Waals surface area contributed by atoms with E-state index in [4.69, 9.17) is 46.4 Å². The number of halogens is 4. The van der Waals surface area contributed by atoms with Crippen molar-refractivity contribution in [1.82, 2.24) is 10.2 Å². The molecule has 0 spiro atoms. The van der Waals surface area contributed by atoms with Crippen LogP contribution in [0.1, 0.15) is 45.2 Å². The molecule has 0 aliphatic heterocycles. The van der Waals surface area contributed by atoms with Crippen LogP contribution >= 0.6 is 58.2 Å². The molecule has 33 heavy (non-hydrogen) atoms. The fourth-order valence-electron chi connectivity index (χ4n) is 3.19. The van der Waals surface area contributed by atoms with Crippen molar-refractivity contribution < 1.29 is 9.59 Å². The molecule has 2 amide bonds. The van der Waals surface area contributed by atoms with Gasteiger partial charge in [0.15, 0.2) is 0 Å². The Balaban J connectivity index is 2.23. The van der Waals surface area contributed by atoms with Gasteiger partial charge in [0, 0.05) is 33.4 Å². The molecule has 2 rings (SSSR count). The molecular weight excluding hydrogens is 522 g/mol. The molecule has 4 nitrogen and oxygen atoms in total. The molecule has 1 unspecified atom stereocenters. The molecule has 0 aromatic heterocycles. The second kappa shape index (κ2) is 12.6. The predicted octanol–water partition coefficient (Wildman–Crippen LogP) is 7.26. The lowest BCUT2D eigenvalue weighted by Crippen LogP contribution is -2.53. The number of thioether (sulfide) groups is 1. The number of hydrogen-bond donors (Lipinski definition) is 1. The molecule has 0 heterocycles. The van der Waals surface area contributed by atoms with E-state index in [2.05, 4.69) is 5.32 Å². The monoisotopic (exact) mass is 548 g/mol. The quantitative estimate of drug-likeness (QED) is 0.358. The first-order valence-electron chi connectivity index (χ1n) is 10.5. The van der Waals surface area contributed by atoms with Gasteiger partial charge < -0.3 is 10.2 Å². The Hall–Kier alpha value is -1.11. The summed E-state index contributed by atoms with van der Waals surface area (Å²) in [5.74, 6) is 0.374. The third kappa shape index (κ3) is 8.56. The van der Waals surface area contributed by atoms with Crippen LogP contribution in [0.4, 0.5) is 0 Å². The normalized spacial score (nSPS) is 12.4. The van der Waals surface area contributed by atoms with Crippen molar-refractivity contribution in [3.63, 3.8) is 0 Å². The van der Waals surface area contributed by atoms with Gasteiger partial charge in [0.2, 0.25) is 11.8 Å². The molecule has 0 aliphatic rings. The van der Waals surface area contributed by atoms with Crippen LogP contribution in [0.3, 0.4) is 0 Å². The first-order chi connectivity index (χ1) is 15.4. The summed E-state index contributed by atoms with van der Waals surface area (Å²) >= 11 is 26.2. The summed E-state index contributed by atoms with van der Waals surface area (Å²) in [6, 6.07) is 9.93. The molecule has 0 radical (unpaired) electrons. The largest absolute Gasteiger partial charge is 0.350 e. The Morgan fingerprint density at radius 1 is 1.00 bits per heavy atom. The molecule has 0 saturated carbocycles. The Bertz CT molecular complexity index is 975. The number of nitrogens with one attached hydrogen (secondary N) is 1. The van der Waals surface area contributed by atoms with Crippen LogP contribution in [-0.4, -0.2) is 34.0 Å². The van der Waals surface area contributed by atoms with Crippen LogP contribution in [0.25, 0.3) is 0 Å². The van der Waals surface area contributed by atoms with E-state index >= 15 is 0 Å². The molecule has 180 valence electrons. The minimum Gasteiger partial charge on any atom is -0.350 e. The summed E-state index contributed by atoms with van der Waals surface area (Å²) < 4.78 is 0. The molecule has 9 heteroatoms. The Morgan fingerprint density at radius 2 is 1.64 bits per heavy atom. The van der Waals surface area contributed by atoms with Crippen LogP contribution < -0.4 is 5.32 Å². The van der Waals surface area contributed by atoms with Gasteiger partial charge in [-0.25, -0.2) is 0 Å². The average molecular weight is 550 g/mol. The van der Waals surface area contributed by atoms with Gasteiger partial charge in [-0.15, -0.1) is 11.8 Å². The maximum Gasteiger partial charge on any atom is 0.243 e. The molecular formula is C24H28Cl4N2O2S. The molecule has 2 aromatic carbocycles. The van der Waals surface area contributed by atoms with Crippen molar-refractivity contribution in [2.75, 3.05) is 5.75 Å². The smallest absolute Gasteiger partial charge is 0.243 e. The summed E-state index contributed by atoms with van der Waals surface area (Å²) in [6.45, 7) is 7.73. The van der Waals surface area contributed by atoms with Crippen LogP contribution in [0.5, 0.6) is 0 Å². The van der Waals surface area contributed by atoms with Gasteiger partial charge in [-0.1, -0.05) is 65.5 Å². The van der Waals surface area contributed by atoms with E-state index in [1.54, 1.807) is 35.2 Å². The molecule has 0 aliphatic carbocycles. The Labute approximate surface area is 220 Å². The predicted molar refractivity (Wildman–Crippen MR) is 142 cm³/mol. The fourth-order valence-corrected chi connectivity index (χ4v) is 4.89. The van der Waals surface area contributed by atoms with Gasteiger partial charge in [-0.2, -0.15) is 0 Å². The molecule has 1 atom stereocenters. The van der Waals surface area contributed by atoms with Crippen LogP contribution in [0.15, 0.2) is 36.4 Å². The van der Waals surface area contributed by atoms with Crippen LogP contribution in [0.2, 0.25) is 20.1 Å². The summed E-state index contributed by atoms with van der Waals surface area (Å²) in [5.41, 5.74) is 1.15. The van der Waals surface area contributed by atoms with E-state index < -0.39 is 11.6 Å². The summed E-state index contributed by atoms with van der Waals surface area (Å²) in [5, 5.41) is 4.85. The SMILES string of the molecule is CCC(C(=O)NC(C)(C)C)N(Cc1c(Cl)cccc1Cl)C(=O)CSCc1ccc(Cl)c(Cl)c1. The highest BCUT2D eigenvalue weighted by Crippen LogP contribution is 2.28. The average Bonchev–Trinajstić information content (AvgIpc) is 2.71. The maximum absolute atomic E-state index is 13.3. The van der Waals surface area contributed by atoms with E-state index in [1.165, 1.54) is 11.8 Å². The third-order valence-corrected chi connectivity index (χ3v) is 7.19. The van der Waals surface area contributed by atoms with Crippen LogP contribution in [-0.2, 0) is 21.9 Å². The van der Waals surface area contributed by atoms with Crippen molar-refractivity contribution in [2.45, 2.75) is 58.0 Å². The van der Waals surface area contributed by atoms with Crippen molar-refractivity contribution in [3.8, 4) is 0 Å². The van der Waals surface area contributed by atoms with Gasteiger partial charge in [0.25, 0.3) is 0 Å². The molecule has 0 saturated heterocycles. The lowest BCUT2D eigenvalue weighted by atomic mass is 10.1. The van der Waals surface area contributed by atoms with E-state index in [1.807, 2.05) is 33.8 Å². The molecule has 0 bridgehead atoms. The summed E-state index contributed by atoms with van der Waals surface area (Å²) in [7, 11) is 0. The standard InChI is InChI=1S/C24H28Cl4N2O2S/c1-5-21(23(32)29-24(2,3)4)30(12-16-17(25)7-6-8-18(16)26)22(31)14-33-13-15-9-10-19(27)20(28)11-15/h6-11,21H,5,12-14H2,1-4H3,(H,29,32). The summed E-state index contributed by atoms with van der Waals surface area (Å²) in [6.07, 6.45) is 0.452. The minimum atomic E-state index is -0.658. The van der Waals surface area contributed by atoms with Gasteiger partial charge in [-0.05, 0) is 57.0 Å². The zero-order valence-electron chi connectivity index (χ0n) is 19.1. The molecule has 0 fully saturated rings. The Morgan fingerprint density at radius 3 is 2.18 bits per heavy atom. The highest BCUT2D eigenvalue weighted by atomic mass is 35.5. The number of rotatable bonds is 9. The van der Waals surface area contributed by atoms with E-state index in [9.17, 15) is 9.59 Å². The minimum absolute atomic E-state index is 0.140. The number of amides is 2. The molecule has 1 N–H and O–H groups in total. The van der Waals surface area contributed by atoms with Gasteiger partial charge in [0.05, 0.1) is 15.8 Å². The second-order valence-electron chi connectivity index (χ2n) is 8.63. The van der Waals surface area contributed by atoms with Gasteiger partial charge in [-0.3, -0.25) is 9.59 Å². The Kier molecular flexibility index (Phi) is 10.7. The topological polar surface area (TPSA) is 49.4 Å². The molecule has 2 aromatic rings. The zero-order chi connectivity index (χ0) is 24.8. The lowest BCUT2D eigenvalue weighted by molar-refractivity contribution is -0.140. The number of hydrogen-bond acceptors (Lipinski definition) is 3. The first-order valence-corrected chi connectivity index (χ1v) is 13.2. The second-order valence-corrected chi connectivity index (χ2v) is 11.2. The van der Waals surface area contributed by atoms with E-state index in [0.29, 0.717) is 37.8 Å². The van der Waals surface area contributed by atoms with Crippen LogP contribution in [0, 0.1) is 0 Å². The number of benzene rings is 2. The zero-order valence-corrected chi connectivity index (χ0v) is 22.9. The van der Waals surface area contributed by atoms with Crippen molar-refractivity contribution in [2.24, 2.45) is 0 Å². The number of carbonyl (C=O) groups is 2. The highest BCUT2D eigenvalue weighted by molar-refractivity contribution is 7.99. The first kappa shape index (κ1) is 28.1. The lowest BCUT2D eigenvalue weighted by Gasteiger charge is -2.33. The maximum atomic E-state index is 13.3. The fraction of sp³-hybridized carbons (Fsp3) is 0.417. The number of carbonyl (C=O) groups excluding carboxylic acids is 2. The third-order valence-electron chi connectivity index (χ3n) is 4.75. The van der Waals surface area contributed by atoms with E-state index in [-0.39, 0.29) is 24.1 Å². The van der Waals surface area contributed by atoms with E-state index in [0.717, 1.165) is 5.56 Å². The number of nitrogens with zero attached hydrogens (tertiary/aromatic N) is 1. The van der Waals surface area contributed by atoms with Gasteiger partial charge in [0.1, 0.15) is 6.04 Å². The van der Waals surface area contributed by atoms with Crippen molar-refractivity contribution >= 4 is 70.0 Å². The van der Waals surface area contributed by atoms with Gasteiger partial charge >= 0.3 is 0 Å². The highest BCUT2D eigenvalue weighted by Gasteiger charge is 2.31.